The van der Waals surface area contributed by atoms with Crippen molar-refractivity contribution < 1.29 is 19.2 Å². The molecule has 0 radical (unpaired) electrons. The van der Waals surface area contributed by atoms with Crippen LogP contribution < -0.4 is 9.80 Å². The molecule has 33 heavy (non-hydrogen) atoms. The van der Waals surface area contributed by atoms with Crippen LogP contribution in [0.4, 0.5) is 17.2 Å². The average molecular weight is 453 g/mol. The molecule has 3 fully saturated rings. The zero-order valence-corrected chi connectivity index (χ0v) is 18.4. The van der Waals surface area contributed by atoms with E-state index >= 15 is 0 Å². The number of carbonyl (C=O) groups excluding carboxylic acids is 1. The van der Waals surface area contributed by atoms with Gasteiger partial charge in [0, 0.05) is 69.9 Å². The predicted molar refractivity (Wildman–Crippen MR) is 122 cm³/mol. The Morgan fingerprint density at radius 2 is 1.67 bits per heavy atom. The minimum atomic E-state index is -0.565. The van der Waals surface area contributed by atoms with Crippen LogP contribution in [0.5, 0.6) is 0 Å². The third-order valence-corrected chi connectivity index (χ3v) is 6.64. The summed E-state index contributed by atoms with van der Waals surface area (Å²) in [6.45, 7) is 4.88. The van der Waals surface area contributed by atoms with Gasteiger partial charge in [-0.2, -0.15) is 0 Å². The minimum Gasteiger partial charge on any atom is -0.362 e. The second kappa shape index (κ2) is 8.95. The van der Waals surface area contributed by atoms with Crippen LogP contribution in [0.2, 0.25) is 0 Å². The van der Waals surface area contributed by atoms with Crippen molar-refractivity contribution >= 4 is 23.1 Å². The molecule has 1 aromatic carbocycles. The van der Waals surface area contributed by atoms with Crippen LogP contribution >= 0.6 is 0 Å². The number of benzene rings is 1. The number of nitro groups is 1. The lowest BCUT2D eigenvalue weighted by atomic mass is 10.0. The molecular weight excluding hydrogens is 426 g/mol. The molecule has 1 aromatic heterocycles. The Kier molecular flexibility index (Phi) is 5.86. The first-order valence-electron chi connectivity index (χ1n) is 11.3. The maximum absolute atomic E-state index is 13.1. The van der Waals surface area contributed by atoms with Crippen LogP contribution in [0.3, 0.4) is 0 Å². The van der Waals surface area contributed by atoms with E-state index in [0.717, 1.165) is 5.82 Å². The van der Waals surface area contributed by atoms with Crippen molar-refractivity contribution in [2.45, 2.75) is 18.6 Å². The van der Waals surface area contributed by atoms with Crippen LogP contribution in [0.1, 0.15) is 23.2 Å². The summed E-state index contributed by atoms with van der Waals surface area (Å²) >= 11 is 0. The molecule has 0 unspecified atom stereocenters. The fourth-order valence-electron chi connectivity index (χ4n) is 4.81. The van der Waals surface area contributed by atoms with Crippen LogP contribution in [0.15, 0.2) is 42.6 Å². The first kappa shape index (κ1) is 21.6. The molecule has 5 rings (SSSR count). The monoisotopic (exact) mass is 453 g/mol. The molecule has 0 bridgehead atoms. The van der Waals surface area contributed by atoms with E-state index in [1.54, 1.807) is 23.2 Å². The summed E-state index contributed by atoms with van der Waals surface area (Å²) in [4.78, 5) is 34.8. The lowest BCUT2D eigenvalue weighted by molar-refractivity contribution is -0.384. The van der Waals surface area contributed by atoms with Gasteiger partial charge in [0.25, 0.3) is 11.6 Å². The molecular formula is C23H27N5O5. The van der Waals surface area contributed by atoms with Gasteiger partial charge in [-0.3, -0.25) is 14.9 Å². The highest BCUT2D eigenvalue weighted by Crippen LogP contribution is 2.34. The van der Waals surface area contributed by atoms with E-state index in [4.69, 9.17) is 9.47 Å². The Hall–Kier alpha value is -3.24. The average Bonchev–Trinajstić information content (AvgIpc) is 3.32. The maximum atomic E-state index is 13.1. The molecule has 0 saturated carbocycles. The number of aromatic nitrogens is 1. The first-order valence-corrected chi connectivity index (χ1v) is 11.3. The highest BCUT2D eigenvalue weighted by Gasteiger charge is 2.41. The number of hydrogen-bond acceptors (Lipinski definition) is 8. The zero-order valence-electron chi connectivity index (χ0n) is 18.4. The number of piperidine rings is 1. The van der Waals surface area contributed by atoms with Crippen LogP contribution in [-0.4, -0.2) is 79.0 Å². The third-order valence-electron chi connectivity index (χ3n) is 6.64. The SMILES string of the molecule is O=C(c1ccc(N2CCN(c3ccccn3)CC2)c([N+](=O)[O-])c1)N1CCC2(CC1)OCCO2. The van der Waals surface area contributed by atoms with Gasteiger partial charge >= 0.3 is 0 Å². The highest BCUT2D eigenvalue weighted by molar-refractivity contribution is 5.96. The van der Waals surface area contributed by atoms with Crippen LogP contribution in [0, 0.1) is 10.1 Å². The third kappa shape index (κ3) is 4.36. The molecule has 0 N–H and O–H groups in total. The second-order valence-corrected chi connectivity index (χ2v) is 8.52. The molecule has 3 aliphatic heterocycles. The Morgan fingerprint density at radius 1 is 0.970 bits per heavy atom. The molecule has 3 saturated heterocycles. The summed E-state index contributed by atoms with van der Waals surface area (Å²) in [6.07, 6.45) is 2.98. The Balaban J connectivity index is 1.27. The summed E-state index contributed by atoms with van der Waals surface area (Å²) in [5, 5.41) is 11.9. The number of pyridine rings is 1. The van der Waals surface area contributed by atoms with Gasteiger partial charge in [0.1, 0.15) is 11.5 Å². The molecule has 3 aliphatic rings. The van der Waals surface area contributed by atoms with Crippen molar-refractivity contribution in [1.82, 2.24) is 9.88 Å². The van der Waals surface area contributed by atoms with Crippen molar-refractivity contribution in [3.8, 4) is 0 Å². The standard InChI is InChI=1S/C23H27N5O5/c29-22(27-9-6-23(7-10-27)32-15-16-33-23)18-4-5-19(20(17-18)28(30)31)25-11-13-26(14-12-25)21-3-1-2-8-24-21/h1-5,8,17H,6-7,9-16H2. The number of carbonyl (C=O) groups is 1. The largest absolute Gasteiger partial charge is 0.362 e. The van der Waals surface area contributed by atoms with Gasteiger partial charge in [-0.1, -0.05) is 6.07 Å². The van der Waals surface area contributed by atoms with Crippen molar-refractivity contribution in [2.24, 2.45) is 0 Å². The molecule has 4 heterocycles. The van der Waals surface area contributed by atoms with Crippen molar-refractivity contribution in [2.75, 3.05) is 62.3 Å². The lowest BCUT2D eigenvalue weighted by Crippen LogP contribution is -2.47. The van der Waals surface area contributed by atoms with Gasteiger partial charge in [-0.15, -0.1) is 0 Å². The smallest absolute Gasteiger partial charge is 0.293 e. The van der Waals surface area contributed by atoms with Gasteiger partial charge in [0.2, 0.25) is 0 Å². The van der Waals surface area contributed by atoms with Crippen LogP contribution in [-0.2, 0) is 9.47 Å². The predicted octanol–water partition coefficient (Wildman–Crippen LogP) is 2.30. The fraction of sp³-hybridized carbons (Fsp3) is 0.478. The quantitative estimate of drug-likeness (QED) is 0.513. The van der Waals surface area contributed by atoms with E-state index in [9.17, 15) is 14.9 Å². The van der Waals surface area contributed by atoms with E-state index in [0.29, 0.717) is 76.6 Å². The number of ether oxygens (including phenoxy) is 2. The molecule has 2 aromatic rings. The maximum Gasteiger partial charge on any atom is 0.293 e. The van der Waals surface area contributed by atoms with Gasteiger partial charge in [0.15, 0.2) is 5.79 Å². The van der Waals surface area contributed by atoms with E-state index in [1.165, 1.54) is 6.07 Å². The van der Waals surface area contributed by atoms with Crippen LogP contribution in [0.25, 0.3) is 0 Å². The minimum absolute atomic E-state index is 0.0388. The van der Waals surface area contributed by atoms with Crippen molar-refractivity contribution in [3.63, 3.8) is 0 Å². The Labute approximate surface area is 191 Å². The van der Waals surface area contributed by atoms with Gasteiger partial charge in [-0.25, -0.2) is 4.98 Å². The Bertz CT molecular complexity index is 1010. The normalized spacial score (nSPS) is 20.3. The van der Waals surface area contributed by atoms with Gasteiger partial charge < -0.3 is 24.2 Å². The molecule has 174 valence electrons. The summed E-state index contributed by atoms with van der Waals surface area (Å²) in [5.41, 5.74) is 0.840. The number of piperazine rings is 1. The molecule has 1 spiro atoms. The molecule has 0 atom stereocenters. The van der Waals surface area contributed by atoms with Crippen molar-refractivity contribution in [3.05, 3.63) is 58.3 Å². The molecule has 1 amide bonds. The lowest BCUT2D eigenvalue weighted by Gasteiger charge is -2.37. The Morgan fingerprint density at radius 3 is 2.30 bits per heavy atom. The number of likely N-dealkylation sites (tertiary alicyclic amines) is 1. The van der Waals surface area contributed by atoms with Gasteiger partial charge in [0.05, 0.1) is 18.1 Å². The number of nitrogens with zero attached hydrogens (tertiary/aromatic N) is 5. The fourth-order valence-corrected chi connectivity index (χ4v) is 4.81. The van der Waals surface area contributed by atoms with Gasteiger partial charge in [-0.05, 0) is 24.3 Å². The van der Waals surface area contributed by atoms with E-state index in [-0.39, 0.29) is 11.6 Å². The molecule has 0 aliphatic carbocycles. The topological polar surface area (TPSA) is 101 Å². The molecule has 10 heteroatoms. The molecule has 10 nitrogen and oxygen atoms in total. The summed E-state index contributed by atoms with van der Waals surface area (Å²) in [6, 6.07) is 10.6. The summed E-state index contributed by atoms with van der Waals surface area (Å²) < 4.78 is 11.4. The van der Waals surface area contributed by atoms with E-state index in [1.807, 2.05) is 23.1 Å². The van der Waals surface area contributed by atoms with Crippen molar-refractivity contribution in [1.29, 1.82) is 0 Å². The highest BCUT2D eigenvalue weighted by atomic mass is 16.7. The number of nitro benzene ring substituents is 1. The summed E-state index contributed by atoms with van der Waals surface area (Å²) in [7, 11) is 0. The van der Waals surface area contributed by atoms with E-state index in [2.05, 4.69) is 9.88 Å². The number of anilines is 2. The first-order chi connectivity index (χ1) is 16.0. The second-order valence-electron chi connectivity index (χ2n) is 8.52. The zero-order chi connectivity index (χ0) is 22.8. The van der Waals surface area contributed by atoms with E-state index < -0.39 is 10.7 Å². The summed E-state index contributed by atoms with van der Waals surface area (Å²) in [5.74, 6) is 0.145. The number of rotatable bonds is 4. The number of hydrogen-bond donors (Lipinski definition) is 0. The number of amides is 1.